The van der Waals surface area contributed by atoms with Gasteiger partial charge in [0.1, 0.15) is 0 Å². The van der Waals surface area contributed by atoms with Gasteiger partial charge in [0, 0.05) is 50.5 Å². The number of aryl methyl sites for hydroxylation is 1. The minimum absolute atomic E-state index is 0.00980. The highest BCUT2D eigenvalue weighted by atomic mass is 16.2. The zero-order chi connectivity index (χ0) is 19.5. The molecule has 0 bridgehead atoms. The van der Waals surface area contributed by atoms with Gasteiger partial charge in [-0.15, -0.1) is 0 Å². The highest BCUT2D eigenvalue weighted by Gasteiger charge is 2.36. The Kier molecular flexibility index (Phi) is 6.48. The van der Waals surface area contributed by atoms with E-state index in [1.807, 2.05) is 48.4 Å². The fourth-order valence-electron chi connectivity index (χ4n) is 4.11. The van der Waals surface area contributed by atoms with E-state index in [4.69, 9.17) is 0 Å². The van der Waals surface area contributed by atoms with E-state index in [-0.39, 0.29) is 23.3 Å². The summed E-state index contributed by atoms with van der Waals surface area (Å²) in [5, 5.41) is 0. The molecule has 146 valence electrons. The number of aromatic nitrogens is 2. The predicted molar refractivity (Wildman–Crippen MR) is 103 cm³/mol. The number of carbonyl (C=O) groups is 2. The molecular formula is C20H34N4O2. The van der Waals surface area contributed by atoms with Crippen LogP contribution in [0.5, 0.6) is 0 Å². The smallest absolute Gasteiger partial charge is 0.289 e. The van der Waals surface area contributed by atoms with Crippen LogP contribution in [-0.4, -0.2) is 57.3 Å². The van der Waals surface area contributed by atoms with Crippen molar-refractivity contribution in [3.8, 4) is 0 Å². The molecule has 0 aliphatic carbocycles. The van der Waals surface area contributed by atoms with Gasteiger partial charge in [0.25, 0.3) is 5.91 Å². The van der Waals surface area contributed by atoms with Crippen molar-refractivity contribution in [2.24, 2.45) is 11.3 Å². The molecule has 0 spiro atoms. The number of amides is 2. The summed E-state index contributed by atoms with van der Waals surface area (Å²) in [6.45, 7) is 12.5. The molecule has 0 saturated carbocycles. The second kappa shape index (κ2) is 8.23. The molecule has 0 radical (unpaired) electrons. The van der Waals surface area contributed by atoms with E-state index in [0.29, 0.717) is 24.8 Å². The molecule has 2 amide bonds. The van der Waals surface area contributed by atoms with Crippen LogP contribution < -0.4 is 0 Å². The van der Waals surface area contributed by atoms with Gasteiger partial charge in [-0.05, 0) is 32.1 Å². The topological polar surface area (TPSA) is 58.4 Å². The first-order valence-corrected chi connectivity index (χ1v) is 9.75. The molecule has 1 aliphatic rings. The molecule has 0 N–H and O–H groups in total. The Balaban J connectivity index is 1.95. The van der Waals surface area contributed by atoms with Crippen LogP contribution in [0.3, 0.4) is 0 Å². The SMILES string of the molecule is CCn1ccnc1C(=O)N1CCC(N(C)C(=O)C(C)(C)CC(C)C)CC1. The van der Waals surface area contributed by atoms with Gasteiger partial charge < -0.3 is 14.4 Å². The quantitative estimate of drug-likeness (QED) is 0.781. The lowest BCUT2D eigenvalue weighted by molar-refractivity contribution is -0.142. The van der Waals surface area contributed by atoms with Crippen LogP contribution in [0.1, 0.15) is 64.5 Å². The third-order valence-corrected chi connectivity index (χ3v) is 5.36. The number of hydrogen-bond donors (Lipinski definition) is 0. The van der Waals surface area contributed by atoms with Gasteiger partial charge in [-0.3, -0.25) is 9.59 Å². The summed E-state index contributed by atoms with van der Waals surface area (Å²) in [4.78, 5) is 33.6. The van der Waals surface area contributed by atoms with Gasteiger partial charge in [0.15, 0.2) is 5.82 Å². The van der Waals surface area contributed by atoms with Gasteiger partial charge in [0.05, 0.1) is 0 Å². The summed E-state index contributed by atoms with van der Waals surface area (Å²) in [6.07, 6.45) is 6.03. The van der Waals surface area contributed by atoms with E-state index in [1.54, 1.807) is 6.20 Å². The predicted octanol–water partition coefficient (Wildman–Crippen LogP) is 3.04. The van der Waals surface area contributed by atoms with E-state index in [9.17, 15) is 9.59 Å². The highest BCUT2D eigenvalue weighted by Crippen LogP contribution is 2.29. The molecule has 1 aliphatic heterocycles. The number of nitrogens with zero attached hydrogens (tertiary/aromatic N) is 4. The molecule has 0 unspecified atom stereocenters. The summed E-state index contributed by atoms with van der Waals surface area (Å²) < 4.78 is 1.87. The number of hydrogen-bond acceptors (Lipinski definition) is 3. The molecule has 1 aromatic rings. The fraction of sp³-hybridized carbons (Fsp3) is 0.750. The van der Waals surface area contributed by atoms with E-state index < -0.39 is 0 Å². The van der Waals surface area contributed by atoms with Crippen molar-refractivity contribution in [3.05, 3.63) is 18.2 Å². The van der Waals surface area contributed by atoms with Gasteiger partial charge in [0.2, 0.25) is 5.91 Å². The Morgan fingerprint density at radius 3 is 2.46 bits per heavy atom. The summed E-state index contributed by atoms with van der Waals surface area (Å²) in [5.41, 5.74) is -0.345. The Morgan fingerprint density at radius 2 is 1.92 bits per heavy atom. The Morgan fingerprint density at radius 1 is 1.31 bits per heavy atom. The average Bonchev–Trinajstić information content (AvgIpc) is 3.07. The van der Waals surface area contributed by atoms with E-state index in [1.165, 1.54) is 0 Å². The summed E-state index contributed by atoms with van der Waals surface area (Å²) >= 11 is 0. The molecule has 0 aromatic carbocycles. The van der Waals surface area contributed by atoms with Crippen LogP contribution in [0.15, 0.2) is 12.4 Å². The van der Waals surface area contributed by atoms with Gasteiger partial charge >= 0.3 is 0 Å². The molecule has 2 rings (SSSR count). The zero-order valence-electron chi connectivity index (χ0n) is 17.2. The molecule has 1 saturated heterocycles. The van der Waals surface area contributed by atoms with Crippen molar-refractivity contribution in [2.45, 2.75) is 66.5 Å². The van der Waals surface area contributed by atoms with Crippen molar-refractivity contribution in [2.75, 3.05) is 20.1 Å². The van der Waals surface area contributed by atoms with Crippen LogP contribution in [-0.2, 0) is 11.3 Å². The summed E-state index contributed by atoms with van der Waals surface area (Å²) in [6, 6.07) is 0.198. The maximum Gasteiger partial charge on any atom is 0.289 e. The maximum absolute atomic E-state index is 12.9. The van der Waals surface area contributed by atoms with Gasteiger partial charge in [-0.1, -0.05) is 27.7 Å². The minimum Gasteiger partial charge on any atom is -0.342 e. The lowest BCUT2D eigenvalue weighted by atomic mass is 9.82. The minimum atomic E-state index is -0.345. The number of piperidine rings is 1. The highest BCUT2D eigenvalue weighted by molar-refractivity contribution is 5.91. The monoisotopic (exact) mass is 362 g/mol. The molecule has 26 heavy (non-hydrogen) atoms. The molecule has 0 atom stereocenters. The second-order valence-electron chi connectivity index (χ2n) is 8.46. The van der Waals surface area contributed by atoms with E-state index in [0.717, 1.165) is 25.8 Å². The molecule has 1 aromatic heterocycles. The lowest BCUT2D eigenvalue weighted by Gasteiger charge is -2.40. The van der Waals surface area contributed by atoms with Crippen molar-refractivity contribution < 1.29 is 9.59 Å². The summed E-state index contributed by atoms with van der Waals surface area (Å²) in [7, 11) is 1.91. The van der Waals surface area contributed by atoms with Crippen LogP contribution in [0.2, 0.25) is 0 Å². The van der Waals surface area contributed by atoms with E-state index >= 15 is 0 Å². The van der Waals surface area contributed by atoms with Gasteiger partial charge in [-0.25, -0.2) is 4.98 Å². The molecular weight excluding hydrogens is 328 g/mol. The number of likely N-dealkylation sites (tertiary alicyclic amines) is 1. The van der Waals surface area contributed by atoms with Crippen molar-refractivity contribution in [1.82, 2.24) is 19.4 Å². The Bertz CT molecular complexity index is 628. The first kappa shape index (κ1) is 20.5. The first-order valence-electron chi connectivity index (χ1n) is 9.75. The number of rotatable bonds is 6. The van der Waals surface area contributed by atoms with Crippen LogP contribution in [0, 0.1) is 11.3 Å². The lowest BCUT2D eigenvalue weighted by Crippen LogP contribution is -2.50. The third kappa shape index (κ3) is 4.46. The Hall–Kier alpha value is -1.85. The maximum atomic E-state index is 12.9. The Labute approximate surface area is 157 Å². The summed E-state index contributed by atoms with van der Waals surface area (Å²) in [5.74, 6) is 1.19. The third-order valence-electron chi connectivity index (χ3n) is 5.36. The van der Waals surface area contributed by atoms with Crippen LogP contribution >= 0.6 is 0 Å². The fourth-order valence-corrected chi connectivity index (χ4v) is 4.11. The van der Waals surface area contributed by atoms with Crippen LogP contribution in [0.4, 0.5) is 0 Å². The number of imidazole rings is 1. The van der Waals surface area contributed by atoms with Gasteiger partial charge in [-0.2, -0.15) is 0 Å². The molecule has 2 heterocycles. The normalized spacial score (nSPS) is 16.2. The largest absolute Gasteiger partial charge is 0.342 e. The second-order valence-corrected chi connectivity index (χ2v) is 8.46. The molecule has 6 nitrogen and oxygen atoms in total. The van der Waals surface area contributed by atoms with Crippen molar-refractivity contribution >= 4 is 11.8 Å². The standard InChI is InChI=1S/C20H34N4O2/c1-7-23-13-10-21-17(23)18(25)24-11-8-16(9-12-24)22(6)19(26)20(4,5)14-15(2)3/h10,13,15-16H,7-9,11-12,14H2,1-6H3. The zero-order valence-corrected chi connectivity index (χ0v) is 17.2. The van der Waals surface area contributed by atoms with Crippen LogP contribution in [0.25, 0.3) is 0 Å². The molecule has 1 fully saturated rings. The number of carbonyl (C=O) groups excluding carboxylic acids is 2. The average molecular weight is 363 g/mol. The van der Waals surface area contributed by atoms with Crippen molar-refractivity contribution in [1.29, 1.82) is 0 Å². The molecule has 6 heteroatoms. The first-order chi connectivity index (χ1) is 12.2. The van der Waals surface area contributed by atoms with Crippen molar-refractivity contribution in [3.63, 3.8) is 0 Å². The van der Waals surface area contributed by atoms with E-state index in [2.05, 4.69) is 18.8 Å².